The molecule has 0 fully saturated rings. The molecule has 0 saturated heterocycles. The van der Waals surface area contributed by atoms with Crippen LogP contribution in [0, 0.1) is 0 Å². The highest BCUT2D eigenvalue weighted by molar-refractivity contribution is 5.89. The lowest BCUT2D eigenvalue weighted by molar-refractivity contribution is 0.0601. The Morgan fingerprint density at radius 3 is 2.53 bits per heavy atom. The number of aromatic nitrogens is 2. The molecule has 2 aromatic rings. The zero-order valence-corrected chi connectivity index (χ0v) is 10.6. The summed E-state index contributed by atoms with van der Waals surface area (Å²) in [6, 6.07) is 8.47. The minimum atomic E-state index is -0.371. The van der Waals surface area contributed by atoms with Crippen molar-refractivity contribution in [3.8, 4) is 5.88 Å². The van der Waals surface area contributed by atoms with Gasteiger partial charge in [-0.15, -0.1) is 0 Å². The van der Waals surface area contributed by atoms with Gasteiger partial charge in [-0.25, -0.2) is 9.78 Å². The maximum absolute atomic E-state index is 11.3. The standard InChI is InChI=1S/C13H13N3O3/c1-18-11-7-8-14-13(16-11)15-10-5-3-9(4-6-10)12(17)19-2/h3-8H,1-2H3,(H,14,15,16). The number of carbonyl (C=O) groups is 1. The summed E-state index contributed by atoms with van der Waals surface area (Å²) in [4.78, 5) is 19.5. The van der Waals surface area contributed by atoms with Gasteiger partial charge in [0.05, 0.1) is 19.8 Å². The van der Waals surface area contributed by atoms with Crippen molar-refractivity contribution in [3.05, 3.63) is 42.1 Å². The number of rotatable bonds is 4. The Morgan fingerprint density at radius 2 is 1.89 bits per heavy atom. The minimum Gasteiger partial charge on any atom is -0.481 e. The summed E-state index contributed by atoms with van der Waals surface area (Å²) >= 11 is 0. The summed E-state index contributed by atoms with van der Waals surface area (Å²) in [6.45, 7) is 0. The largest absolute Gasteiger partial charge is 0.481 e. The first-order valence-electron chi connectivity index (χ1n) is 5.55. The fraction of sp³-hybridized carbons (Fsp3) is 0.154. The molecule has 0 saturated carbocycles. The number of benzene rings is 1. The van der Waals surface area contributed by atoms with Crippen molar-refractivity contribution in [2.24, 2.45) is 0 Å². The van der Waals surface area contributed by atoms with Crippen LogP contribution >= 0.6 is 0 Å². The molecule has 1 aromatic heterocycles. The van der Waals surface area contributed by atoms with Crippen molar-refractivity contribution in [1.82, 2.24) is 9.97 Å². The molecule has 0 amide bonds. The van der Waals surface area contributed by atoms with Gasteiger partial charge in [-0.2, -0.15) is 4.98 Å². The molecule has 0 bridgehead atoms. The van der Waals surface area contributed by atoms with Gasteiger partial charge in [0.15, 0.2) is 0 Å². The lowest BCUT2D eigenvalue weighted by atomic mass is 10.2. The monoisotopic (exact) mass is 259 g/mol. The van der Waals surface area contributed by atoms with Crippen LogP contribution in [0.3, 0.4) is 0 Å². The molecule has 0 aliphatic rings. The van der Waals surface area contributed by atoms with E-state index < -0.39 is 0 Å². The minimum absolute atomic E-state index is 0.371. The summed E-state index contributed by atoms with van der Waals surface area (Å²) < 4.78 is 9.63. The molecule has 0 atom stereocenters. The van der Waals surface area contributed by atoms with Crippen molar-refractivity contribution in [1.29, 1.82) is 0 Å². The van der Waals surface area contributed by atoms with Gasteiger partial charge in [-0.05, 0) is 24.3 Å². The van der Waals surface area contributed by atoms with Crippen LogP contribution in [0.25, 0.3) is 0 Å². The second-order valence-electron chi connectivity index (χ2n) is 3.62. The summed E-state index contributed by atoms with van der Waals surface area (Å²) in [5, 5.41) is 3.01. The molecule has 1 heterocycles. The third-order valence-corrected chi connectivity index (χ3v) is 2.40. The van der Waals surface area contributed by atoms with E-state index in [4.69, 9.17) is 4.74 Å². The van der Waals surface area contributed by atoms with Gasteiger partial charge in [0.2, 0.25) is 11.8 Å². The second kappa shape index (κ2) is 5.81. The fourth-order valence-electron chi connectivity index (χ4n) is 1.45. The number of carbonyl (C=O) groups excluding carboxylic acids is 1. The molecule has 0 radical (unpaired) electrons. The number of hydrogen-bond donors (Lipinski definition) is 1. The summed E-state index contributed by atoms with van der Waals surface area (Å²) in [7, 11) is 2.88. The summed E-state index contributed by atoms with van der Waals surface area (Å²) in [5.41, 5.74) is 1.25. The van der Waals surface area contributed by atoms with Gasteiger partial charge < -0.3 is 14.8 Å². The third-order valence-electron chi connectivity index (χ3n) is 2.40. The molecule has 1 N–H and O–H groups in total. The lowest BCUT2D eigenvalue weighted by Gasteiger charge is -2.06. The van der Waals surface area contributed by atoms with E-state index in [0.29, 0.717) is 17.4 Å². The van der Waals surface area contributed by atoms with Crippen LogP contribution in [-0.2, 0) is 4.74 Å². The summed E-state index contributed by atoms with van der Waals surface area (Å²) in [5.74, 6) is 0.526. The van der Waals surface area contributed by atoms with Crippen molar-refractivity contribution < 1.29 is 14.3 Å². The Labute approximate surface area is 110 Å². The highest BCUT2D eigenvalue weighted by Gasteiger charge is 2.05. The molecule has 0 aliphatic heterocycles. The average molecular weight is 259 g/mol. The van der Waals surface area contributed by atoms with Gasteiger partial charge in [-0.1, -0.05) is 0 Å². The molecule has 6 nitrogen and oxygen atoms in total. The number of esters is 1. The van der Waals surface area contributed by atoms with Crippen molar-refractivity contribution in [2.75, 3.05) is 19.5 Å². The Kier molecular flexibility index (Phi) is 3.92. The molecule has 2 rings (SSSR count). The molecule has 19 heavy (non-hydrogen) atoms. The maximum Gasteiger partial charge on any atom is 0.337 e. The van der Waals surface area contributed by atoms with Gasteiger partial charge in [0, 0.05) is 18.0 Å². The fourth-order valence-corrected chi connectivity index (χ4v) is 1.45. The zero-order valence-electron chi connectivity index (χ0n) is 10.6. The first kappa shape index (κ1) is 12.8. The number of hydrogen-bond acceptors (Lipinski definition) is 6. The van der Waals surface area contributed by atoms with E-state index >= 15 is 0 Å². The lowest BCUT2D eigenvalue weighted by Crippen LogP contribution is -2.02. The maximum atomic E-state index is 11.3. The van der Waals surface area contributed by atoms with Crippen molar-refractivity contribution >= 4 is 17.6 Å². The average Bonchev–Trinajstić information content (AvgIpc) is 2.47. The number of methoxy groups -OCH3 is 2. The van der Waals surface area contributed by atoms with Gasteiger partial charge in [0.1, 0.15) is 0 Å². The smallest absolute Gasteiger partial charge is 0.337 e. The summed E-state index contributed by atoms with van der Waals surface area (Å²) in [6.07, 6.45) is 1.59. The van der Waals surface area contributed by atoms with Crippen LogP contribution in [0.2, 0.25) is 0 Å². The normalized spacial score (nSPS) is 9.79. The van der Waals surface area contributed by atoms with Crippen LogP contribution in [-0.4, -0.2) is 30.2 Å². The molecular formula is C13H13N3O3. The topological polar surface area (TPSA) is 73.3 Å². The van der Waals surface area contributed by atoms with E-state index in [1.54, 1.807) is 36.5 Å². The van der Waals surface area contributed by atoms with Gasteiger partial charge in [0.25, 0.3) is 0 Å². The molecular weight excluding hydrogens is 246 g/mol. The Hall–Kier alpha value is -2.63. The van der Waals surface area contributed by atoms with Gasteiger partial charge >= 0.3 is 5.97 Å². The van der Waals surface area contributed by atoms with Crippen LogP contribution in [0.5, 0.6) is 5.88 Å². The van der Waals surface area contributed by atoms with E-state index in [2.05, 4.69) is 20.0 Å². The molecule has 98 valence electrons. The highest BCUT2D eigenvalue weighted by Crippen LogP contribution is 2.16. The first-order chi connectivity index (χ1) is 9.22. The van der Waals surface area contributed by atoms with E-state index in [9.17, 15) is 4.79 Å². The second-order valence-corrected chi connectivity index (χ2v) is 3.62. The van der Waals surface area contributed by atoms with Crippen molar-refractivity contribution in [3.63, 3.8) is 0 Å². The van der Waals surface area contributed by atoms with Crippen LogP contribution in [0.15, 0.2) is 36.5 Å². The third kappa shape index (κ3) is 3.19. The quantitative estimate of drug-likeness (QED) is 0.847. The van der Waals surface area contributed by atoms with E-state index in [0.717, 1.165) is 5.69 Å². The van der Waals surface area contributed by atoms with E-state index in [1.165, 1.54) is 14.2 Å². The molecule has 0 spiro atoms. The Balaban J connectivity index is 2.12. The molecule has 0 aliphatic carbocycles. The van der Waals surface area contributed by atoms with Crippen LogP contribution in [0.1, 0.15) is 10.4 Å². The van der Waals surface area contributed by atoms with Crippen molar-refractivity contribution in [2.45, 2.75) is 0 Å². The van der Waals surface area contributed by atoms with Gasteiger partial charge in [-0.3, -0.25) is 0 Å². The van der Waals surface area contributed by atoms with Crippen LogP contribution in [0.4, 0.5) is 11.6 Å². The highest BCUT2D eigenvalue weighted by atomic mass is 16.5. The Morgan fingerprint density at radius 1 is 1.16 bits per heavy atom. The van der Waals surface area contributed by atoms with Crippen LogP contribution < -0.4 is 10.1 Å². The SMILES string of the molecule is COC(=O)c1ccc(Nc2nccc(OC)n2)cc1. The number of anilines is 2. The molecule has 1 aromatic carbocycles. The Bertz CT molecular complexity index is 570. The zero-order chi connectivity index (χ0) is 13.7. The van der Waals surface area contributed by atoms with E-state index in [1.807, 2.05) is 0 Å². The number of nitrogens with zero attached hydrogens (tertiary/aromatic N) is 2. The predicted octanol–water partition coefficient (Wildman–Crippen LogP) is 2.02. The van der Waals surface area contributed by atoms with E-state index in [-0.39, 0.29) is 5.97 Å². The number of nitrogens with one attached hydrogen (secondary N) is 1. The number of ether oxygens (including phenoxy) is 2. The molecule has 0 unspecified atom stereocenters. The molecule has 6 heteroatoms. The first-order valence-corrected chi connectivity index (χ1v) is 5.55. The predicted molar refractivity (Wildman–Crippen MR) is 69.6 cm³/mol.